The molecule has 0 aliphatic carbocycles. The van der Waals surface area contributed by atoms with Gasteiger partial charge in [-0.3, -0.25) is 4.90 Å². The molecule has 2 heterocycles. The first kappa shape index (κ1) is 23.1. The van der Waals surface area contributed by atoms with Gasteiger partial charge in [0.2, 0.25) is 5.88 Å². The number of rotatable bonds is 6. The molecule has 174 valence electrons. The number of hydrogen-bond acceptors (Lipinski definition) is 5. The van der Waals surface area contributed by atoms with Crippen LogP contribution in [0, 0.1) is 5.82 Å². The summed E-state index contributed by atoms with van der Waals surface area (Å²) in [5.74, 6) is 0.422. The van der Waals surface area contributed by atoms with Crippen molar-refractivity contribution in [3.05, 3.63) is 72.0 Å². The van der Waals surface area contributed by atoms with Crippen LogP contribution in [0.4, 0.5) is 15.8 Å². The van der Waals surface area contributed by atoms with Crippen molar-refractivity contribution in [2.45, 2.75) is 19.4 Å². The lowest BCUT2D eigenvalue weighted by atomic mass is 10.0. The van der Waals surface area contributed by atoms with Gasteiger partial charge in [0, 0.05) is 57.1 Å². The SMILES string of the molecule is CCN1CCN(c2ccc(OC)nc2-c2ccc(N(C)C)cc2)CCC1c1ccc(F)cc1. The van der Waals surface area contributed by atoms with Gasteiger partial charge in [-0.2, -0.15) is 0 Å². The maximum absolute atomic E-state index is 13.5. The Balaban J connectivity index is 1.65. The molecule has 3 aromatic rings. The third-order valence-electron chi connectivity index (χ3n) is 6.49. The number of methoxy groups -OCH3 is 1. The topological polar surface area (TPSA) is 31.8 Å². The van der Waals surface area contributed by atoms with E-state index in [4.69, 9.17) is 9.72 Å². The summed E-state index contributed by atoms with van der Waals surface area (Å²) in [6.45, 7) is 5.88. The first-order chi connectivity index (χ1) is 16.0. The van der Waals surface area contributed by atoms with Crippen LogP contribution in [-0.4, -0.2) is 57.3 Å². The number of aromatic nitrogens is 1. The summed E-state index contributed by atoms with van der Waals surface area (Å²) < 4.78 is 18.9. The number of ether oxygens (including phenoxy) is 1. The molecule has 0 spiro atoms. The van der Waals surface area contributed by atoms with Crippen LogP contribution in [0.15, 0.2) is 60.7 Å². The third-order valence-corrected chi connectivity index (χ3v) is 6.49. The van der Waals surface area contributed by atoms with Gasteiger partial charge in [-0.05, 0) is 48.9 Å². The predicted molar refractivity (Wildman–Crippen MR) is 134 cm³/mol. The molecule has 0 radical (unpaired) electrons. The highest BCUT2D eigenvalue weighted by Gasteiger charge is 2.26. The number of pyridine rings is 1. The predicted octanol–water partition coefficient (Wildman–Crippen LogP) is 5.24. The standard InChI is InChI=1S/C27H33FN4O/c1-5-31-18-19-32(17-16-24(31)20-6-10-22(28)11-7-20)25-14-15-26(33-4)29-27(25)21-8-12-23(13-9-21)30(2)3/h6-15,24H,5,16-19H2,1-4H3. The minimum Gasteiger partial charge on any atom is -0.481 e. The van der Waals surface area contributed by atoms with Crippen molar-refractivity contribution in [3.8, 4) is 17.1 Å². The Morgan fingerprint density at radius 2 is 1.70 bits per heavy atom. The summed E-state index contributed by atoms with van der Waals surface area (Å²) in [5.41, 5.74) is 5.44. The Hall–Kier alpha value is -3.12. The zero-order valence-electron chi connectivity index (χ0n) is 20.0. The lowest BCUT2D eigenvalue weighted by Crippen LogP contribution is -2.32. The van der Waals surface area contributed by atoms with E-state index in [1.165, 1.54) is 5.56 Å². The van der Waals surface area contributed by atoms with Crippen LogP contribution in [0.25, 0.3) is 11.3 Å². The van der Waals surface area contributed by atoms with Crippen molar-refractivity contribution >= 4 is 11.4 Å². The van der Waals surface area contributed by atoms with Gasteiger partial charge in [-0.25, -0.2) is 9.37 Å². The van der Waals surface area contributed by atoms with Crippen molar-refractivity contribution in [3.63, 3.8) is 0 Å². The molecule has 1 unspecified atom stereocenters. The molecule has 5 nitrogen and oxygen atoms in total. The van der Waals surface area contributed by atoms with E-state index in [0.29, 0.717) is 5.88 Å². The van der Waals surface area contributed by atoms with E-state index in [2.05, 4.69) is 52.0 Å². The van der Waals surface area contributed by atoms with E-state index in [9.17, 15) is 4.39 Å². The van der Waals surface area contributed by atoms with Crippen LogP contribution in [0.5, 0.6) is 5.88 Å². The molecular weight excluding hydrogens is 415 g/mol. The van der Waals surface area contributed by atoms with Crippen LogP contribution < -0.4 is 14.5 Å². The molecule has 0 amide bonds. The highest BCUT2D eigenvalue weighted by molar-refractivity contribution is 5.77. The fourth-order valence-electron chi connectivity index (χ4n) is 4.59. The van der Waals surface area contributed by atoms with Gasteiger partial charge in [0.25, 0.3) is 0 Å². The average molecular weight is 449 g/mol. The van der Waals surface area contributed by atoms with Crippen LogP contribution in [0.1, 0.15) is 24.9 Å². The van der Waals surface area contributed by atoms with Gasteiger partial charge in [-0.15, -0.1) is 0 Å². The maximum Gasteiger partial charge on any atom is 0.213 e. The Kier molecular flexibility index (Phi) is 7.14. The molecular formula is C27H33FN4O. The summed E-state index contributed by atoms with van der Waals surface area (Å²) in [5, 5.41) is 0. The van der Waals surface area contributed by atoms with Gasteiger partial charge in [-0.1, -0.05) is 31.2 Å². The Labute approximate surface area is 196 Å². The molecule has 2 aromatic carbocycles. The monoisotopic (exact) mass is 448 g/mol. The molecule has 0 N–H and O–H groups in total. The second-order valence-corrected chi connectivity index (χ2v) is 8.63. The van der Waals surface area contributed by atoms with Crippen LogP contribution >= 0.6 is 0 Å². The molecule has 33 heavy (non-hydrogen) atoms. The molecule has 1 aromatic heterocycles. The molecule has 1 fully saturated rings. The molecule has 1 saturated heterocycles. The van der Waals surface area contributed by atoms with E-state index >= 15 is 0 Å². The second-order valence-electron chi connectivity index (χ2n) is 8.63. The Bertz CT molecular complexity index is 1050. The normalized spacial score (nSPS) is 17.0. The van der Waals surface area contributed by atoms with Gasteiger partial charge in [0.05, 0.1) is 18.5 Å². The highest BCUT2D eigenvalue weighted by Crippen LogP contribution is 2.35. The van der Waals surface area contributed by atoms with Crippen molar-refractivity contribution < 1.29 is 9.13 Å². The fourth-order valence-corrected chi connectivity index (χ4v) is 4.59. The number of anilines is 2. The quantitative estimate of drug-likeness (QED) is 0.515. The Morgan fingerprint density at radius 1 is 0.970 bits per heavy atom. The first-order valence-electron chi connectivity index (χ1n) is 11.6. The third kappa shape index (κ3) is 5.11. The highest BCUT2D eigenvalue weighted by atomic mass is 19.1. The van der Waals surface area contributed by atoms with E-state index < -0.39 is 0 Å². The summed E-state index contributed by atoms with van der Waals surface area (Å²) in [7, 11) is 5.73. The smallest absolute Gasteiger partial charge is 0.213 e. The van der Waals surface area contributed by atoms with Gasteiger partial charge in [0.1, 0.15) is 5.82 Å². The molecule has 1 atom stereocenters. The zero-order valence-corrected chi connectivity index (χ0v) is 20.0. The van der Waals surface area contributed by atoms with E-state index in [0.717, 1.165) is 55.2 Å². The van der Waals surface area contributed by atoms with Crippen molar-refractivity contribution in [1.82, 2.24) is 9.88 Å². The van der Waals surface area contributed by atoms with Gasteiger partial charge in [0.15, 0.2) is 0 Å². The van der Waals surface area contributed by atoms with E-state index in [1.54, 1.807) is 19.2 Å². The van der Waals surface area contributed by atoms with Crippen molar-refractivity contribution in [2.24, 2.45) is 0 Å². The summed E-state index contributed by atoms with van der Waals surface area (Å²) in [4.78, 5) is 11.8. The number of nitrogens with zero attached hydrogens (tertiary/aromatic N) is 4. The number of halogens is 1. The van der Waals surface area contributed by atoms with E-state index in [-0.39, 0.29) is 11.9 Å². The molecule has 4 rings (SSSR count). The molecule has 6 heteroatoms. The minimum absolute atomic E-state index is 0.189. The molecule has 0 bridgehead atoms. The van der Waals surface area contributed by atoms with E-state index in [1.807, 2.05) is 32.3 Å². The van der Waals surface area contributed by atoms with Crippen LogP contribution in [0.2, 0.25) is 0 Å². The molecule has 0 saturated carbocycles. The van der Waals surface area contributed by atoms with Crippen molar-refractivity contribution in [2.75, 3.05) is 57.2 Å². The maximum atomic E-state index is 13.5. The zero-order chi connectivity index (χ0) is 23.4. The lowest BCUT2D eigenvalue weighted by molar-refractivity contribution is 0.219. The summed E-state index contributed by atoms with van der Waals surface area (Å²) >= 11 is 0. The van der Waals surface area contributed by atoms with Gasteiger partial charge < -0.3 is 14.5 Å². The lowest BCUT2D eigenvalue weighted by Gasteiger charge is -2.28. The largest absolute Gasteiger partial charge is 0.481 e. The first-order valence-corrected chi connectivity index (χ1v) is 11.6. The Morgan fingerprint density at radius 3 is 2.33 bits per heavy atom. The van der Waals surface area contributed by atoms with Crippen LogP contribution in [-0.2, 0) is 0 Å². The number of benzene rings is 2. The molecule has 1 aliphatic heterocycles. The second kappa shape index (κ2) is 10.2. The van der Waals surface area contributed by atoms with Crippen molar-refractivity contribution in [1.29, 1.82) is 0 Å². The summed E-state index contributed by atoms with van der Waals surface area (Å²) in [6, 6.07) is 19.8. The summed E-state index contributed by atoms with van der Waals surface area (Å²) in [6.07, 6.45) is 0.963. The number of likely N-dealkylation sites (N-methyl/N-ethyl adjacent to an activating group) is 1. The fraction of sp³-hybridized carbons (Fsp3) is 0.370. The molecule has 1 aliphatic rings. The minimum atomic E-state index is -0.189. The number of hydrogen-bond donors (Lipinski definition) is 0. The van der Waals surface area contributed by atoms with Gasteiger partial charge >= 0.3 is 0 Å². The van der Waals surface area contributed by atoms with Crippen LogP contribution in [0.3, 0.4) is 0 Å². The average Bonchev–Trinajstić information content (AvgIpc) is 3.07.